The Kier molecular flexibility index (Phi) is 6.39. The van der Waals surface area contributed by atoms with Gasteiger partial charge in [-0.2, -0.15) is 0 Å². The maximum atomic E-state index is 10.2. The SMILES string of the molecule is COP(=O)([O-])C(C)=O.[Na+]. The summed E-state index contributed by atoms with van der Waals surface area (Å²) in [5.74, 6) is 0. The van der Waals surface area contributed by atoms with Crippen LogP contribution in [0.1, 0.15) is 6.92 Å². The van der Waals surface area contributed by atoms with Gasteiger partial charge >= 0.3 is 29.6 Å². The van der Waals surface area contributed by atoms with Crippen molar-refractivity contribution in [1.82, 2.24) is 0 Å². The van der Waals surface area contributed by atoms with Gasteiger partial charge in [0.2, 0.25) is 5.52 Å². The van der Waals surface area contributed by atoms with E-state index in [-0.39, 0.29) is 29.6 Å². The van der Waals surface area contributed by atoms with Gasteiger partial charge in [-0.05, 0) is 0 Å². The molecule has 0 bridgehead atoms. The molecular formula is C3H6NaO4P. The fourth-order valence-corrected chi connectivity index (χ4v) is 0.386. The summed E-state index contributed by atoms with van der Waals surface area (Å²) in [4.78, 5) is 20.2. The molecule has 0 amide bonds. The van der Waals surface area contributed by atoms with Gasteiger partial charge in [0.05, 0.1) is 0 Å². The second-order valence-corrected chi connectivity index (χ2v) is 3.19. The summed E-state index contributed by atoms with van der Waals surface area (Å²) in [7, 11) is -3.18. The summed E-state index contributed by atoms with van der Waals surface area (Å²) in [6.45, 7) is 0.942. The summed E-state index contributed by atoms with van der Waals surface area (Å²) < 4.78 is 14.0. The maximum Gasteiger partial charge on any atom is 1.00 e. The topological polar surface area (TPSA) is 66.4 Å². The van der Waals surface area contributed by atoms with Crippen LogP contribution in [0.15, 0.2) is 0 Å². The normalized spacial score (nSPS) is 15.4. The first kappa shape index (κ1) is 12.5. The predicted molar refractivity (Wildman–Crippen MR) is 25.3 cm³/mol. The van der Waals surface area contributed by atoms with Gasteiger partial charge in [0, 0.05) is 14.0 Å². The van der Waals surface area contributed by atoms with Gasteiger partial charge in [0.25, 0.3) is 0 Å². The third kappa shape index (κ3) is 4.25. The Balaban J connectivity index is 0. The van der Waals surface area contributed by atoms with E-state index in [4.69, 9.17) is 0 Å². The molecule has 0 aromatic heterocycles. The Hall–Kier alpha value is 0.820. The first-order chi connectivity index (χ1) is 3.50. The molecule has 0 heterocycles. The van der Waals surface area contributed by atoms with E-state index in [9.17, 15) is 14.3 Å². The zero-order chi connectivity index (χ0) is 6.78. The molecule has 0 aliphatic carbocycles. The molecule has 4 nitrogen and oxygen atoms in total. The largest absolute Gasteiger partial charge is 1.00 e. The van der Waals surface area contributed by atoms with E-state index in [2.05, 4.69) is 4.52 Å². The van der Waals surface area contributed by atoms with Crippen molar-refractivity contribution >= 4 is 13.1 Å². The molecule has 0 aromatic rings. The molecule has 0 saturated carbocycles. The van der Waals surface area contributed by atoms with E-state index in [1.54, 1.807) is 0 Å². The fraction of sp³-hybridized carbons (Fsp3) is 0.667. The number of hydrogen-bond acceptors (Lipinski definition) is 4. The summed E-state index contributed by atoms with van der Waals surface area (Å²) in [5, 5.41) is 0. The molecule has 0 fully saturated rings. The van der Waals surface area contributed by atoms with Crippen molar-refractivity contribution in [1.29, 1.82) is 0 Å². The third-order valence-electron chi connectivity index (χ3n) is 0.626. The van der Waals surface area contributed by atoms with Crippen LogP contribution in [-0.2, 0) is 13.9 Å². The minimum Gasteiger partial charge on any atom is -0.773 e. The van der Waals surface area contributed by atoms with Crippen LogP contribution in [0.25, 0.3) is 0 Å². The first-order valence-electron chi connectivity index (χ1n) is 1.88. The summed E-state index contributed by atoms with van der Waals surface area (Å²) in [5.41, 5.74) is -0.944. The number of carbonyl (C=O) groups excluding carboxylic acids is 1. The number of hydrogen-bond donors (Lipinski definition) is 0. The van der Waals surface area contributed by atoms with Crippen LogP contribution < -0.4 is 34.5 Å². The second kappa shape index (κ2) is 4.61. The van der Waals surface area contributed by atoms with Crippen LogP contribution >= 0.6 is 7.60 Å². The monoisotopic (exact) mass is 160 g/mol. The van der Waals surface area contributed by atoms with Gasteiger partial charge in [0.1, 0.15) is 0 Å². The molecule has 1 atom stereocenters. The fourth-order valence-electron chi connectivity index (χ4n) is 0.129. The first-order valence-corrected chi connectivity index (χ1v) is 3.43. The van der Waals surface area contributed by atoms with Crippen molar-refractivity contribution in [2.45, 2.75) is 6.92 Å². The molecule has 0 aromatic carbocycles. The molecule has 0 spiro atoms. The Labute approximate surface area is 75.4 Å². The zero-order valence-corrected chi connectivity index (χ0v) is 8.47. The zero-order valence-electron chi connectivity index (χ0n) is 5.58. The summed E-state index contributed by atoms with van der Waals surface area (Å²) in [6.07, 6.45) is 0. The van der Waals surface area contributed by atoms with Crippen LogP contribution in [0, 0.1) is 0 Å². The Morgan fingerprint density at radius 1 is 1.67 bits per heavy atom. The van der Waals surface area contributed by atoms with Crippen molar-refractivity contribution in [3.63, 3.8) is 0 Å². The van der Waals surface area contributed by atoms with Crippen LogP contribution in [0.3, 0.4) is 0 Å². The van der Waals surface area contributed by atoms with Crippen molar-refractivity contribution in [3.8, 4) is 0 Å². The molecule has 0 radical (unpaired) electrons. The average Bonchev–Trinajstić information content (AvgIpc) is 1.67. The standard InChI is InChI=1S/C3H7O4P.Na/c1-3(4)8(5,6)7-2;/h1-2H3,(H,5,6);/q;+1/p-1. The van der Waals surface area contributed by atoms with Crippen molar-refractivity contribution < 1.29 is 48.3 Å². The van der Waals surface area contributed by atoms with Crippen molar-refractivity contribution in [2.24, 2.45) is 0 Å². The van der Waals surface area contributed by atoms with Gasteiger partial charge in [-0.3, -0.25) is 4.79 Å². The molecule has 9 heavy (non-hydrogen) atoms. The molecule has 0 saturated heterocycles. The van der Waals surface area contributed by atoms with Gasteiger partial charge < -0.3 is 14.0 Å². The molecule has 0 N–H and O–H groups in total. The molecule has 0 aliphatic rings. The van der Waals surface area contributed by atoms with Gasteiger partial charge in [-0.25, -0.2) is 0 Å². The number of carbonyl (C=O) groups is 1. The van der Waals surface area contributed by atoms with Crippen LogP contribution in [-0.4, -0.2) is 12.6 Å². The second-order valence-electron chi connectivity index (χ2n) is 1.20. The molecule has 0 rings (SSSR count). The van der Waals surface area contributed by atoms with Crippen molar-refractivity contribution in [3.05, 3.63) is 0 Å². The molecule has 48 valence electrons. The van der Waals surface area contributed by atoms with E-state index >= 15 is 0 Å². The third-order valence-corrected chi connectivity index (χ3v) is 1.88. The Morgan fingerprint density at radius 2 is 2.00 bits per heavy atom. The molecule has 6 heteroatoms. The summed E-state index contributed by atoms with van der Waals surface area (Å²) >= 11 is 0. The van der Waals surface area contributed by atoms with Crippen LogP contribution in [0.4, 0.5) is 0 Å². The van der Waals surface area contributed by atoms with Crippen molar-refractivity contribution in [2.75, 3.05) is 7.11 Å². The van der Waals surface area contributed by atoms with E-state index in [0.29, 0.717) is 0 Å². The Morgan fingerprint density at radius 3 is 2.00 bits per heavy atom. The molecular weight excluding hydrogens is 154 g/mol. The summed E-state index contributed by atoms with van der Waals surface area (Å²) in [6, 6.07) is 0. The minimum absolute atomic E-state index is 0. The maximum absolute atomic E-state index is 10.2. The predicted octanol–water partition coefficient (Wildman–Crippen LogP) is -3.26. The smallest absolute Gasteiger partial charge is 0.773 e. The van der Waals surface area contributed by atoms with E-state index in [0.717, 1.165) is 14.0 Å². The van der Waals surface area contributed by atoms with Crippen LogP contribution in [0.5, 0.6) is 0 Å². The number of rotatable bonds is 2. The van der Waals surface area contributed by atoms with Crippen LogP contribution in [0.2, 0.25) is 0 Å². The van der Waals surface area contributed by atoms with E-state index in [1.807, 2.05) is 0 Å². The van der Waals surface area contributed by atoms with E-state index < -0.39 is 13.1 Å². The average molecular weight is 160 g/mol. The molecule has 0 aliphatic heterocycles. The molecule has 1 unspecified atom stereocenters. The minimum atomic E-state index is -4.13. The Bertz CT molecular complexity index is 145. The van der Waals surface area contributed by atoms with E-state index in [1.165, 1.54) is 0 Å². The quantitative estimate of drug-likeness (QED) is 0.314. The van der Waals surface area contributed by atoms with Gasteiger partial charge in [0.15, 0.2) is 7.60 Å². The van der Waals surface area contributed by atoms with Gasteiger partial charge in [-0.15, -0.1) is 0 Å². The van der Waals surface area contributed by atoms with Gasteiger partial charge in [-0.1, -0.05) is 0 Å².